The molecule has 1 fully saturated rings. The number of aliphatic hydroxyl groups excluding tert-OH is 1. The van der Waals surface area contributed by atoms with Crippen LogP contribution in [0.3, 0.4) is 0 Å². The average Bonchev–Trinajstić information content (AvgIpc) is 2.35. The molecule has 1 aliphatic rings. The van der Waals surface area contributed by atoms with Gasteiger partial charge in [-0.3, -0.25) is 0 Å². The summed E-state index contributed by atoms with van der Waals surface area (Å²) in [7, 11) is 0. The highest BCUT2D eigenvalue weighted by Gasteiger charge is 2.23. The maximum absolute atomic E-state index is 8.48. The Morgan fingerprint density at radius 3 is 2.29 bits per heavy atom. The van der Waals surface area contributed by atoms with E-state index < -0.39 is 0 Å². The van der Waals surface area contributed by atoms with Crippen molar-refractivity contribution in [3.05, 3.63) is 0 Å². The van der Waals surface area contributed by atoms with Gasteiger partial charge in [0.2, 0.25) is 0 Å². The van der Waals surface area contributed by atoms with Crippen LogP contribution in [0.1, 0.15) is 25.7 Å². The number of halogens is 1. The van der Waals surface area contributed by atoms with Crippen molar-refractivity contribution in [2.75, 3.05) is 39.6 Å². The van der Waals surface area contributed by atoms with Crippen LogP contribution in [0.4, 0.5) is 0 Å². The number of hydrogen-bond acceptors (Lipinski definition) is 4. The van der Waals surface area contributed by atoms with Gasteiger partial charge < -0.3 is 19.3 Å². The monoisotopic (exact) mass is 266 g/mol. The second-order valence-corrected chi connectivity index (χ2v) is 4.72. The van der Waals surface area contributed by atoms with Crippen LogP contribution in [0.15, 0.2) is 0 Å². The summed E-state index contributed by atoms with van der Waals surface area (Å²) >= 11 is 6.17. The molecular weight excluding hydrogens is 244 g/mol. The first-order valence-corrected chi connectivity index (χ1v) is 6.80. The second-order valence-electron chi connectivity index (χ2n) is 4.16. The van der Waals surface area contributed by atoms with Crippen LogP contribution in [0.2, 0.25) is 0 Å². The molecule has 0 aromatic rings. The van der Waals surface area contributed by atoms with E-state index in [0.717, 1.165) is 12.8 Å². The molecule has 0 radical (unpaired) electrons. The molecule has 4 nitrogen and oxygen atoms in total. The number of aliphatic hydroxyl groups is 1. The molecule has 0 aliphatic heterocycles. The van der Waals surface area contributed by atoms with Gasteiger partial charge in [-0.25, -0.2) is 0 Å². The maximum atomic E-state index is 8.48. The van der Waals surface area contributed by atoms with E-state index >= 15 is 0 Å². The third-order valence-electron chi connectivity index (χ3n) is 2.79. The minimum absolute atomic E-state index is 0.0574. The van der Waals surface area contributed by atoms with Crippen molar-refractivity contribution in [1.82, 2.24) is 0 Å². The van der Waals surface area contributed by atoms with Gasteiger partial charge in [-0.05, 0) is 12.8 Å². The Hall–Kier alpha value is 0.130. The van der Waals surface area contributed by atoms with Gasteiger partial charge in [0.05, 0.1) is 51.1 Å². The molecule has 102 valence electrons. The molecule has 0 bridgehead atoms. The van der Waals surface area contributed by atoms with E-state index in [2.05, 4.69) is 0 Å². The molecule has 0 amide bonds. The SMILES string of the molecule is OCCOCCOCCOC1CCCC[C@@H]1Cl. The minimum atomic E-state index is 0.0574. The fourth-order valence-electron chi connectivity index (χ4n) is 1.88. The molecule has 1 saturated carbocycles. The molecule has 0 heterocycles. The van der Waals surface area contributed by atoms with E-state index in [9.17, 15) is 0 Å². The Morgan fingerprint density at radius 1 is 0.941 bits per heavy atom. The molecule has 0 aromatic carbocycles. The molecule has 0 saturated heterocycles. The molecular formula is C12H23ClO4. The zero-order valence-corrected chi connectivity index (χ0v) is 11.0. The standard InChI is InChI=1S/C12H23ClO4/c13-11-3-1-2-4-12(11)17-10-9-16-8-7-15-6-5-14/h11-12,14H,1-10H2/t11-,12?/m0/s1. The van der Waals surface area contributed by atoms with Crippen molar-refractivity contribution in [2.45, 2.75) is 37.2 Å². The van der Waals surface area contributed by atoms with Gasteiger partial charge in [-0.1, -0.05) is 12.8 Å². The molecule has 2 atom stereocenters. The first-order chi connectivity index (χ1) is 8.34. The topological polar surface area (TPSA) is 47.9 Å². The van der Waals surface area contributed by atoms with Gasteiger partial charge in [0.15, 0.2) is 0 Å². The first-order valence-electron chi connectivity index (χ1n) is 6.36. The summed E-state index contributed by atoms with van der Waals surface area (Å²) in [5.41, 5.74) is 0. The van der Waals surface area contributed by atoms with Crippen LogP contribution in [-0.4, -0.2) is 56.2 Å². The molecule has 0 spiro atoms. The molecule has 5 heteroatoms. The fourth-order valence-corrected chi connectivity index (χ4v) is 2.24. The number of hydrogen-bond donors (Lipinski definition) is 1. The van der Waals surface area contributed by atoms with Gasteiger partial charge in [-0.15, -0.1) is 11.6 Å². The smallest absolute Gasteiger partial charge is 0.0739 e. The van der Waals surface area contributed by atoms with Gasteiger partial charge in [-0.2, -0.15) is 0 Å². The average molecular weight is 267 g/mol. The molecule has 1 aliphatic carbocycles. The molecule has 17 heavy (non-hydrogen) atoms. The van der Waals surface area contributed by atoms with Gasteiger partial charge >= 0.3 is 0 Å². The van der Waals surface area contributed by atoms with Crippen molar-refractivity contribution in [1.29, 1.82) is 0 Å². The molecule has 1 rings (SSSR count). The summed E-state index contributed by atoms with van der Waals surface area (Å²) in [6.07, 6.45) is 4.74. The Morgan fingerprint density at radius 2 is 1.59 bits per heavy atom. The van der Waals surface area contributed by atoms with E-state index in [-0.39, 0.29) is 18.1 Å². The van der Waals surface area contributed by atoms with E-state index in [1.807, 2.05) is 0 Å². The summed E-state index contributed by atoms with van der Waals surface area (Å²) in [5, 5.41) is 8.64. The fraction of sp³-hybridized carbons (Fsp3) is 1.00. The Bertz CT molecular complexity index is 180. The van der Waals surface area contributed by atoms with Crippen LogP contribution in [0, 0.1) is 0 Å². The Kier molecular flexibility index (Phi) is 9.01. The maximum Gasteiger partial charge on any atom is 0.0739 e. The lowest BCUT2D eigenvalue weighted by molar-refractivity contribution is -0.0226. The van der Waals surface area contributed by atoms with E-state index in [0.29, 0.717) is 33.0 Å². The van der Waals surface area contributed by atoms with Crippen LogP contribution in [-0.2, 0) is 14.2 Å². The highest BCUT2D eigenvalue weighted by atomic mass is 35.5. The minimum Gasteiger partial charge on any atom is -0.394 e. The summed E-state index contributed by atoms with van der Waals surface area (Å²) in [6.45, 7) is 2.65. The highest BCUT2D eigenvalue weighted by Crippen LogP contribution is 2.25. The van der Waals surface area contributed by atoms with Crippen LogP contribution in [0.25, 0.3) is 0 Å². The van der Waals surface area contributed by atoms with E-state index in [4.69, 9.17) is 30.9 Å². The highest BCUT2D eigenvalue weighted by molar-refractivity contribution is 6.21. The van der Waals surface area contributed by atoms with Crippen molar-refractivity contribution < 1.29 is 19.3 Å². The van der Waals surface area contributed by atoms with Crippen LogP contribution < -0.4 is 0 Å². The lowest BCUT2D eigenvalue weighted by atomic mass is 9.97. The summed E-state index contributed by atoms with van der Waals surface area (Å²) in [4.78, 5) is 0. The first kappa shape index (κ1) is 15.2. The summed E-state index contributed by atoms with van der Waals surface area (Å²) in [6, 6.07) is 0. The summed E-state index contributed by atoms with van der Waals surface area (Å²) < 4.78 is 16.1. The number of ether oxygens (including phenoxy) is 3. The molecule has 1 unspecified atom stereocenters. The zero-order chi connectivity index (χ0) is 12.3. The van der Waals surface area contributed by atoms with Crippen molar-refractivity contribution >= 4 is 11.6 Å². The van der Waals surface area contributed by atoms with Gasteiger partial charge in [0, 0.05) is 0 Å². The van der Waals surface area contributed by atoms with Gasteiger partial charge in [0.25, 0.3) is 0 Å². The van der Waals surface area contributed by atoms with Crippen molar-refractivity contribution in [2.24, 2.45) is 0 Å². The lowest BCUT2D eigenvalue weighted by Gasteiger charge is -2.27. The van der Waals surface area contributed by atoms with Crippen LogP contribution in [0.5, 0.6) is 0 Å². The van der Waals surface area contributed by atoms with Crippen LogP contribution >= 0.6 is 11.6 Å². The zero-order valence-electron chi connectivity index (χ0n) is 10.3. The molecule has 1 N–H and O–H groups in total. The Balaban J connectivity index is 1.86. The van der Waals surface area contributed by atoms with Gasteiger partial charge in [0.1, 0.15) is 0 Å². The Labute approximate surface area is 108 Å². The predicted molar refractivity (Wildman–Crippen MR) is 66.6 cm³/mol. The third kappa shape index (κ3) is 7.21. The predicted octanol–water partition coefficient (Wildman–Crippen LogP) is 1.58. The number of alkyl halides is 1. The van der Waals surface area contributed by atoms with Crippen molar-refractivity contribution in [3.8, 4) is 0 Å². The van der Waals surface area contributed by atoms with E-state index in [1.165, 1.54) is 12.8 Å². The largest absolute Gasteiger partial charge is 0.394 e. The second kappa shape index (κ2) is 10.1. The normalized spacial score (nSPS) is 25.1. The molecule has 0 aromatic heterocycles. The summed E-state index contributed by atoms with van der Waals surface area (Å²) in [5.74, 6) is 0. The third-order valence-corrected chi connectivity index (χ3v) is 3.29. The lowest BCUT2D eigenvalue weighted by Crippen LogP contribution is -2.29. The van der Waals surface area contributed by atoms with Crippen molar-refractivity contribution in [3.63, 3.8) is 0 Å². The number of rotatable bonds is 9. The van der Waals surface area contributed by atoms with E-state index in [1.54, 1.807) is 0 Å². The quantitative estimate of drug-likeness (QED) is 0.508.